The van der Waals surface area contributed by atoms with E-state index in [9.17, 15) is 0 Å². The van der Waals surface area contributed by atoms with Crippen molar-refractivity contribution in [1.82, 2.24) is 25.1 Å². The minimum Gasteiger partial charge on any atom is -0.357 e. The van der Waals surface area contributed by atoms with Gasteiger partial charge in [0.1, 0.15) is 5.69 Å². The third-order valence-corrected chi connectivity index (χ3v) is 6.05. The van der Waals surface area contributed by atoms with Crippen LogP contribution in [0.3, 0.4) is 0 Å². The van der Waals surface area contributed by atoms with Gasteiger partial charge < -0.3 is 4.98 Å². The maximum Gasteiger partial charge on any atom is 0.111 e. The lowest BCUT2D eigenvalue weighted by atomic mass is 9.91. The second-order valence-electron chi connectivity index (χ2n) is 9.16. The highest BCUT2D eigenvalue weighted by Crippen LogP contribution is 2.36. The molecule has 0 saturated carbocycles. The van der Waals surface area contributed by atoms with Gasteiger partial charge in [0.25, 0.3) is 0 Å². The molecule has 0 fully saturated rings. The lowest BCUT2D eigenvalue weighted by Gasteiger charge is -2.15. The summed E-state index contributed by atoms with van der Waals surface area (Å²) in [5, 5.41) is 9.99. The summed E-state index contributed by atoms with van der Waals surface area (Å²) in [5.41, 5.74) is 9.24. The number of nitrogens with zero attached hydrogens (tertiary/aromatic N) is 3. The molecule has 5 heteroatoms. The van der Waals surface area contributed by atoms with E-state index in [-0.39, 0.29) is 5.41 Å². The molecule has 0 unspecified atom stereocenters. The summed E-state index contributed by atoms with van der Waals surface area (Å²) in [4.78, 5) is 13.1. The zero-order chi connectivity index (χ0) is 20.2. The van der Waals surface area contributed by atoms with Crippen molar-refractivity contribution >= 4 is 10.8 Å². The van der Waals surface area contributed by atoms with E-state index in [0.29, 0.717) is 0 Å². The molecule has 0 spiro atoms. The van der Waals surface area contributed by atoms with Gasteiger partial charge in [0.05, 0.1) is 17.1 Å². The summed E-state index contributed by atoms with van der Waals surface area (Å²) >= 11 is 0. The van der Waals surface area contributed by atoms with Crippen LogP contribution in [0.25, 0.3) is 33.5 Å². The van der Waals surface area contributed by atoms with Crippen molar-refractivity contribution < 1.29 is 0 Å². The zero-order valence-corrected chi connectivity index (χ0v) is 17.6. The van der Waals surface area contributed by atoms with Gasteiger partial charge in [-0.05, 0) is 61.9 Å². The number of aryl methyl sites for hydroxylation is 1. The molecule has 0 aromatic carbocycles. The highest BCUT2D eigenvalue weighted by Gasteiger charge is 2.23. The molecule has 0 radical (unpaired) electrons. The number of aromatic amines is 2. The third kappa shape index (κ3) is 3.05. The van der Waals surface area contributed by atoms with Crippen LogP contribution in [0.5, 0.6) is 0 Å². The fourth-order valence-electron chi connectivity index (χ4n) is 4.40. The number of H-pyrrole nitrogens is 2. The first-order valence-electron chi connectivity index (χ1n) is 10.4. The van der Waals surface area contributed by atoms with E-state index >= 15 is 0 Å². The molecular weight excluding hydrogens is 358 g/mol. The van der Waals surface area contributed by atoms with Gasteiger partial charge in [-0.1, -0.05) is 20.8 Å². The van der Waals surface area contributed by atoms with Crippen molar-refractivity contribution in [2.24, 2.45) is 0 Å². The van der Waals surface area contributed by atoms with Crippen LogP contribution in [-0.2, 0) is 18.3 Å². The normalized spacial score (nSPS) is 14.3. The predicted molar refractivity (Wildman–Crippen MR) is 117 cm³/mol. The zero-order valence-electron chi connectivity index (χ0n) is 17.6. The van der Waals surface area contributed by atoms with Gasteiger partial charge in [0.2, 0.25) is 0 Å². The van der Waals surface area contributed by atoms with E-state index in [1.165, 1.54) is 29.7 Å². The van der Waals surface area contributed by atoms with Crippen molar-refractivity contribution in [3.8, 4) is 22.8 Å². The second kappa shape index (κ2) is 6.55. The predicted octanol–water partition coefficient (Wildman–Crippen LogP) is 5.50. The Hall–Kier alpha value is -2.95. The van der Waals surface area contributed by atoms with Crippen molar-refractivity contribution in [2.75, 3.05) is 0 Å². The Morgan fingerprint density at radius 3 is 2.55 bits per heavy atom. The number of rotatable bonds is 2. The summed E-state index contributed by atoms with van der Waals surface area (Å²) in [5.74, 6) is 0. The smallest absolute Gasteiger partial charge is 0.111 e. The number of hydrogen-bond acceptors (Lipinski definition) is 3. The average molecular weight is 386 g/mol. The first-order valence-corrected chi connectivity index (χ1v) is 10.4. The number of pyridine rings is 2. The van der Waals surface area contributed by atoms with Crippen LogP contribution in [0.15, 0.2) is 30.6 Å². The Bertz CT molecular complexity index is 1210. The maximum atomic E-state index is 5.12. The highest BCUT2D eigenvalue weighted by molar-refractivity contribution is 5.95. The van der Waals surface area contributed by atoms with E-state index in [1.807, 2.05) is 18.5 Å². The fraction of sp³-hybridized carbons (Fsp3) is 0.375. The largest absolute Gasteiger partial charge is 0.357 e. The van der Waals surface area contributed by atoms with Crippen molar-refractivity contribution in [1.29, 1.82) is 0 Å². The standard InChI is InChI=1S/C24H27N5/c1-14-16-7-5-6-8-18(16)23(26-14)19-11-15-13-25-10-9-17(15)22(27-19)20-12-21(29-28-20)24(2,3)4/h9-13,26H,5-8H2,1-4H3,(H,28,29). The lowest BCUT2D eigenvalue weighted by Crippen LogP contribution is -2.11. The van der Waals surface area contributed by atoms with E-state index in [0.717, 1.165) is 52.1 Å². The maximum absolute atomic E-state index is 5.12. The number of nitrogens with one attached hydrogen (secondary N) is 2. The van der Waals surface area contributed by atoms with E-state index in [2.05, 4.69) is 60.0 Å². The second-order valence-corrected chi connectivity index (χ2v) is 9.16. The lowest BCUT2D eigenvalue weighted by molar-refractivity contribution is 0.567. The minimum absolute atomic E-state index is 0.00978. The summed E-state index contributed by atoms with van der Waals surface area (Å²) in [7, 11) is 0. The molecule has 2 N–H and O–H groups in total. The Morgan fingerprint density at radius 1 is 1.00 bits per heavy atom. The third-order valence-electron chi connectivity index (χ3n) is 6.05. The molecule has 0 atom stereocenters. The summed E-state index contributed by atoms with van der Waals surface area (Å²) in [6, 6.07) is 6.31. The molecule has 0 bridgehead atoms. The molecule has 29 heavy (non-hydrogen) atoms. The molecule has 0 saturated heterocycles. The van der Waals surface area contributed by atoms with Crippen molar-refractivity contribution in [3.63, 3.8) is 0 Å². The molecule has 5 rings (SSSR count). The molecule has 0 amide bonds. The summed E-state index contributed by atoms with van der Waals surface area (Å²) in [6.07, 6.45) is 8.54. The summed E-state index contributed by atoms with van der Waals surface area (Å²) < 4.78 is 0. The molecule has 4 heterocycles. The summed E-state index contributed by atoms with van der Waals surface area (Å²) in [6.45, 7) is 8.74. The molecule has 0 aliphatic heterocycles. The monoisotopic (exact) mass is 385 g/mol. The van der Waals surface area contributed by atoms with Gasteiger partial charge in [0.15, 0.2) is 0 Å². The molecule has 5 nitrogen and oxygen atoms in total. The van der Waals surface area contributed by atoms with Crippen LogP contribution in [0.1, 0.15) is 56.1 Å². The van der Waals surface area contributed by atoms with Crippen LogP contribution in [0.4, 0.5) is 0 Å². The van der Waals surface area contributed by atoms with Crippen molar-refractivity contribution in [3.05, 3.63) is 53.1 Å². The SMILES string of the molecule is Cc1[nH]c(-c2cc3cnccc3c(-c3cc(C(C)(C)C)[nH]n3)n2)c2c1CCCC2. The van der Waals surface area contributed by atoms with E-state index < -0.39 is 0 Å². The average Bonchev–Trinajstić information content (AvgIpc) is 3.33. The molecule has 148 valence electrons. The van der Waals surface area contributed by atoms with Gasteiger partial charge in [-0.15, -0.1) is 0 Å². The van der Waals surface area contributed by atoms with Crippen LogP contribution in [0, 0.1) is 6.92 Å². The quantitative estimate of drug-likeness (QED) is 0.479. The molecule has 4 aromatic heterocycles. The molecular formula is C24H27N5. The number of fused-ring (bicyclic) bond motifs is 2. The van der Waals surface area contributed by atoms with Crippen LogP contribution >= 0.6 is 0 Å². The topological polar surface area (TPSA) is 70.2 Å². The van der Waals surface area contributed by atoms with Crippen molar-refractivity contribution in [2.45, 2.75) is 58.8 Å². The van der Waals surface area contributed by atoms with Crippen LogP contribution in [-0.4, -0.2) is 25.1 Å². The molecule has 4 aromatic rings. The first-order chi connectivity index (χ1) is 13.9. The Morgan fingerprint density at radius 2 is 1.79 bits per heavy atom. The molecule has 1 aliphatic carbocycles. The van der Waals surface area contributed by atoms with Gasteiger partial charge in [0, 0.05) is 40.0 Å². The number of aromatic nitrogens is 5. The van der Waals surface area contributed by atoms with Crippen LogP contribution in [0.2, 0.25) is 0 Å². The Balaban J connectivity index is 1.73. The van der Waals surface area contributed by atoms with Gasteiger partial charge >= 0.3 is 0 Å². The highest BCUT2D eigenvalue weighted by atomic mass is 15.1. The van der Waals surface area contributed by atoms with Crippen LogP contribution < -0.4 is 0 Å². The fourth-order valence-corrected chi connectivity index (χ4v) is 4.40. The van der Waals surface area contributed by atoms with Gasteiger partial charge in [-0.2, -0.15) is 5.10 Å². The van der Waals surface area contributed by atoms with Gasteiger partial charge in [-0.3, -0.25) is 10.1 Å². The minimum atomic E-state index is 0.00978. The van der Waals surface area contributed by atoms with E-state index in [1.54, 1.807) is 0 Å². The van der Waals surface area contributed by atoms with E-state index in [4.69, 9.17) is 4.98 Å². The molecule has 1 aliphatic rings. The van der Waals surface area contributed by atoms with Gasteiger partial charge in [-0.25, -0.2) is 4.98 Å². The number of hydrogen-bond donors (Lipinski definition) is 2. The first kappa shape index (κ1) is 18.1. The Kier molecular flexibility index (Phi) is 4.09. The Labute approximate surface area is 171 Å².